The average molecular weight is 1270 g/mol. The first-order valence-corrected chi connectivity index (χ1v) is 31.9. The van der Waals surface area contributed by atoms with Crippen LogP contribution in [0, 0.1) is 29.6 Å². The highest BCUT2D eigenvalue weighted by Gasteiger charge is 2.48. The smallest absolute Gasteiger partial charge is 0.246 e. The van der Waals surface area contributed by atoms with E-state index in [2.05, 4.69) is 21.1 Å². The van der Waals surface area contributed by atoms with Crippen LogP contribution in [0.25, 0.3) is 0 Å². The lowest BCUT2D eigenvalue weighted by molar-refractivity contribution is -0.161. The summed E-state index contributed by atoms with van der Waals surface area (Å²) in [6, 6.07) is -14.4. The van der Waals surface area contributed by atoms with Gasteiger partial charge >= 0.3 is 0 Å². The number of nitrogens with zero attached hydrogens (tertiary/aromatic N) is 9. The topological polar surface area (TPSA) is 301 Å². The molecule has 0 spiro atoms. The van der Waals surface area contributed by atoms with Crippen molar-refractivity contribution in [2.45, 2.75) is 227 Å². The molecule has 0 aliphatic carbocycles. The lowest BCUT2D eigenvalue weighted by atomic mass is 9.91. The van der Waals surface area contributed by atoms with Crippen molar-refractivity contribution in [3.8, 4) is 0 Å². The second kappa shape index (κ2) is 36.4. The molecule has 2 aliphatic rings. The Kier molecular flexibility index (Phi) is 32.1. The number of hydrogen-bond donors (Lipinski definition) is 4. The van der Waals surface area contributed by atoms with Gasteiger partial charge in [0.15, 0.2) is 0 Å². The van der Waals surface area contributed by atoms with Crippen molar-refractivity contribution in [3.05, 3.63) is 12.2 Å². The van der Waals surface area contributed by atoms with Gasteiger partial charge in [0.1, 0.15) is 67.5 Å². The third-order valence-electron chi connectivity index (χ3n) is 17.4. The minimum Gasteiger partial charge on any atom is -0.399 e. The Balaban J connectivity index is 3.16. The van der Waals surface area contributed by atoms with E-state index in [-0.39, 0.29) is 50.5 Å². The van der Waals surface area contributed by atoms with Gasteiger partial charge in [-0.25, -0.2) is 0 Å². The van der Waals surface area contributed by atoms with Crippen LogP contribution >= 0.6 is 0 Å². The zero-order valence-electron chi connectivity index (χ0n) is 58.3. The van der Waals surface area contributed by atoms with E-state index in [4.69, 9.17) is 9.57 Å². The molecule has 26 heteroatoms. The molecule has 1 unspecified atom stereocenters. The maximum absolute atomic E-state index is 15.5. The summed E-state index contributed by atoms with van der Waals surface area (Å²) in [4.78, 5) is 179. The van der Waals surface area contributed by atoms with Crippen molar-refractivity contribution in [2.75, 3.05) is 69.6 Å². The number of allylic oxidation sites excluding steroid dienone is 2. The summed E-state index contributed by atoms with van der Waals surface area (Å²) in [5.74, 6) is -10.2. The van der Waals surface area contributed by atoms with Crippen molar-refractivity contribution >= 4 is 71.2 Å². The van der Waals surface area contributed by atoms with Crippen molar-refractivity contribution in [2.24, 2.45) is 34.7 Å². The maximum Gasteiger partial charge on any atom is 0.246 e. The fourth-order valence-corrected chi connectivity index (χ4v) is 11.8. The van der Waals surface area contributed by atoms with Crippen LogP contribution in [0.3, 0.4) is 0 Å². The number of unbranched alkanes of at least 4 members (excludes halogenated alkanes) is 1. The first-order valence-electron chi connectivity index (χ1n) is 31.9. The van der Waals surface area contributed by atoms with Crippen molar-refractivity contribution in [1.29, 1.82) is 0 Å². The summed E-state index contributed by atoms with van der Waals surface area (Å²) in [5.41, 5.74) is 0. The van der Waals surface area contributed by atoms with Crippen LogP contribution in [0.1, 0.15) is 149 Å². The second-order valence-electron chi connectivity index (χ2n) is 26.2. The Bertz CT molecular complexity index is 2530. The number of amides is 11. The second-order valence-corrected chi connectivity index (χ2v) is 26.2. The summed E-state index contributed by atoms with van der Waals surface area (Å²) >= 11 is 0. The van der Waals surface area contributed by atoms with Gasteiger partial charge in [0.2, 0.25) is 65.0 Å². The molecule has 0 radical (unpaired) electrons. The van der Waals surface area contributed by atoms with Crippen LogP contribution in [0.4, 0.5) is 0 Å². The zero-order chi connectivity index (χ0) is 69.1. The SMILES string of the molecule is C/C=C/C[C@@H](C)[C@@H](O)[C@@H]1C(=O)N[C@@H](CC)C(=O)N(C)CC(=O)N(C)[C@@H]([C@@H](C)OCCC/C=N/OC)C(=O)N[C@@H](C(C)C)C(=O)N(C)[C@@H](CC(C)C)C(=O)N[C@@H](C)C(=O)N2C(C)C[C@@H](C(=O)N(C)[C@@H](C(C)C)C(=O)N1C)N(C)C(=O)[C@H](CC(C)C)N(C)C(=O)[C@H]2C. The van der Waals surface area contributed by atoms with Crippen LogP contribution in [-0.2, 0) is 62.3 Å². The standard InChI is InChI=1S/C64H112N12O14/c1-24-26-29-40(11)54(78)53-57(81)67-45(25-2)60(84)69(16)35-49(77)73(20)52(44(15)90-31-28-27-30-65-89-23)56(80)68-50(38(7)8)63(87)70(17)46(32-36(3)4)55(79)66-42(13)58(82)76-41(12)34-48(62(86)74(21)51(39(9)10)64(88)75(53)22)72(19)61(85)47(33-37(5)6)71(18)59(83)43(76)14/h24,26,30,36-48,50-54,78H,25,27-29,31-35H2,1-23H3,(H,66,79)(H,67,81)(H,68,80)/b26-24+,65-30+/t40-,41?,42+,43-,44-,45+,46+,47+,48+,50+,51+,52+,53-,54-/m1/s1. The summed E-state index contributed by atoms with van der Waals surface area (Å²) in [7, 11) is 11.1. The van der Waals surface area contributed by atoms with E-state index >= 15 is 14.4 Å². The molecule has 0 saturated carbocycles. The molecular weight excluding hydrogens is 1160 g/mol. The number of ether oxygens (including phenoxy) is 1. The molecule has 14 atom stereocenters. The number of rotatable bonds is 18. The third kappa shape index (κ3) is 20.7. The van der Waals surface area contributed by atoms with Gasteiger partial charge in [0.25, 0.3) is 0 Å². The molecule has 2 saturated heterocycles. The predicted molar refractivity (Wildman–Crippen MR) is 342 cm³/mol. The highest BCUT2D eigenvalue weighted by Crippen LogP contribution is 2.28. The Morgan fingerprint density at radius 1 is 0.611 bits per heavy atom. The number of aliphatic hydroxyl groups is 1. The fourth-order valence-electron chi connectivity index (χ4n) is 11.8. The minimum absolute atomic E-state index is 0.0160. The molecule has 26 nitrogen and oxygen atoms in total. The Morgan fingerprint density at radius 3 is 1.70 bits per heavy atom. The van der Waals surface area contributed by atoms with Crippen molar-refractivity contribution in [3.63, 3.8) is 0 Å². The number of carbonyl (C=O) groups excluding carboxylic acids is 11. The van der Waals surface area contributed by atoms with Crippen LogP contribution < -0.4 is 16.0 Å². The van der Waals surface area contributed by atoms with E-state index in [0.717, 1.165) is 14.7 Å². The highest BCUT2D eigenvalue weighted by atomic mass is 16.6. The molecule has 2 bridgehead atoms. The molecule has 90 heavy (non-hydrogen) atoms. The molecule has 0 aromatic heterocycles. The van der Waals surface area contributed by atoms with Crippen LogP contribution in [0.15, 0.2) is 17.3 Å². The van der Waals surface area contributed by atoms with Gasteiger partial charge in [-0.2, -0.15) is 0 Å². The number of aliphatic hydroxyl groups excluding tert-OH is 1. The minimum atomic E-state index is -1.67. The van der Waals surface area contributed by atoms with Gasteiger partial charge < -0.3 is 69.8 Å². The maximum atomic E-state index is 15.5. The highest BCUT2D eigenvalue weighted by molar-refractivity contribution is 6.00. The molecule has 512 valence electrons. The summed E-state index contributed by atoms with van der Waals surface area (Å²) in [5, 5.41) is 24.3. The van der Waals surface area contributed by atoms with E-state index < -0.39 is 168 Å². The largest absolute Gasteiger partial charge is 0.399 e. The van der Waals surface area contributed by atoms with Gasteiger partial charge in [-0.3, -0.25) is 52.7 Å². The molecule has 2 fully saturated rings. The molecular formula is C64H112N12O14. The zero-order valence-corrected chi connectivity index (χ0v) is 58.3. The van der Waals surface area contributed by atoms with Gasteiger partial charge in [-0.1, -0.05) is 86.5 Å². The molecule has 11 amide bonds. The molecule has 0 aromatic rings. The first kappa shape index (κ1) is 79.4. The van der Waals surface area contributed by atoms with E-state index in [9.17, 15) is 43.5 Å². The number of likely N-dealkylation sites (N-methyl/N-ethyl adjacent to an activating group) is 7. The monoisotopic (exact) mass is 1270 g/mol. The van der Waals surface area contributed by atoms with E-state index in [1.54, 1.807) is 80.7 Å². The number of hydrogen-bond acceptors (Lipinski definition) is 15. The Morgan fingerprint density at radius 2 is 1.17 bits per heavy atom. The van der Waals surface area contributed by atoms with Crippen LogP contribution in [-0.4, -0.2) is 264 Å². The summed E-state index contributed by atoms with van der Waals surface area (Å²) in [6.07, 6.45) is 3.71. The molecule has 4 N–H and O–H groups in total. The molecule has 2 heterocycles. The predicted octanol–water partition coefficient (Wildman–Crippen LogP) is 2.50. The number of fused-ring (bicyclic) bond motifs is 3. The van der Waals surface area contributed by atoms with E-state index in [1.165, 1.54) is 94.8 Å². The van der Waals surface area contributed by atoms with Gasteiger partial charge in [0.05, 0.1) is 18.8 Å². The first-order chi connectivity index (χ1) is 41.9. The average Bonchev–Trinajstić information content (AvgIpc) is 1.92. The quantitative estimate of drug-likeness (QED) is 0.0664. The van der Waals surface area contributed by atoms with Crippen LogP contribution in [0.5, 0.6) is 0 Å². The van der Waals surface area contributed by atoms with Crippen LogP contribution in [0.2, 0.25) is 0 Å². The third-order valence-corrected chi connectivity index (χ3v) is 17.4. The lowest BCUT2D eigenvalue weighted by Crippen LogP contribution is -2.65. The number of nitrogens with one attached hydrogen (secondary N) is 3. The Hall–Kier alpha value is -6.70. The summed E-state index contributed by atoms with van der Waals surface area (Å²) < 4.78 is 6.16. The molecule has 2 rings (SSSR count). The number of carbonyl (C=O) groups is 11. The number of oxime groups is 1. The van der Waals surface area contributed by atoms with Crippen molar-refractivity contribution in [1.82, 2.24) is 55.1 Å². The molecule has 0 aromatic carbocycles. The summed E-state index contributed by atoms with van der Waals surface area (Å²) in [6.45, 7) is 25.0. The van der Waals surface area contributed by atoms with Crippen molar-refractivity contribution < 1.29 is 67.4 Å². The molecule has 2 aliphatic heterocycles. The Labute approximate surface area is 535 Å². The van der Waals surface area contributed by atoms with E-state index in [1.807, 2.05) is 27.7 Å². The normalized spacial score (nSPS) is 27.8. The van der Waals surface area contributed by atoms with Gasteiger partial charge in [-0.05, 0) is 109 Å². The fraction of sp³-hybridized carbons (Fsp3) is 0.781. The van der Waals surface area contributed by atoms with Gasteiger partial charge in [0, 0.05) is 68.2 Å². The lowest BCUT2D eigenvalue weighted by Gasteiger charge is -2.45. The van der Waals surface area contributed by atoms with Gasteiger partial charge in [-0.15, -0.1) is 0 Å². The van der Waals surface area contributed by atoms with E-state index in [0.29, 0.717) is 12.8 Å².